The minimum atomic E-state index is -0.352. The van der Waals surface area contributed by atoms with Gasteiger partial charge in [-0.25, -0.2) is 0 Å². The van der Waals surface area contributed by atoms with Gasteiger partial charge in [-0.2, -0.15) is 5.26 Å². The van der Waals surface area contributed by atoms with Gasteiger partial charge in [0.05, 0.1) is 13.2 Å². The van der Waals surface area contributed by atoms with E-state index in [4.69, 9.17) is 9.47 Å². The van der Waals surface area contributed by atoms with Crippen molar-refractivity contribution in [3.63, 3.8) is 0 Å². The largest absolute Gasteiger partial charge is 0.490 e. The molecule has 0 saturated heterocycles. The number of nitriles is 1. The van der Waals surface area contributed by atoms with Gasteiger partial charge in [0.1, 0.15) is 11.6 Å². The predicted molar refractivity (Wildman–Crippen MR) is 121 cm³/mol. The Morgan fingerprint density at radius 1 is 1.19 bits per heavy atom. The first kappa shape index (κ1) is 22.5. The molecule has 0 unspecified atom stereocenters. The van der Waals surface area contributed by atoms with Crippen LogP contribution in [0.25, 0.3) is 6.08 Å². The average molecular weight is 422 g/mol. The molecule has 2 aromatic rings. The number of amides is 1. The predicted octanol–water partition coefficient (Wildman–Crippen LogP) is 4.50. The molecule has 1 amide bonds. The van der Waals surface area contributed by atoms with Gasteiger partial charge in [-0.1, -0.05) is 6.07 Å². The standard InChI is InChI=1S/C25H31N3O3/c1-5-30-23-10-7-19(14-24(23)31-6-2)11-12-27-25(29)21(16-26)15-20-13-17(3)28(18(20)4)22-8-9-22/h7,10,13-15,22H,5-6,8-9,11-12H2,1-4H3,(H,27,29)/b21-15+. The molecule has 0 radical (unpaired) electrons. The number of benzene rings is 1. The molecule has 164 valence electrons. The third kappa shape index (κ3) is 5.49. The monoisotopic (exact) mass is 421 g/mol. The quantitative estimate of drug-likeness (QED) is 0.453. The molecule has 0 spiro atoms. The molecular weight excluding hydrogens is 390 g/mol. The zero-order valence-corrected chi connectivity index (χ0v) is 18.8. The summed E-state index contributed by atoms with van der Waals surface area (Å²) in [6.45, 7) is 9.54. The highest BCUT2D eigenvalue weighted by Gasteiger charge is 2.26. The number of hydrogen-bond donors (Lipinski definition) is 1. The SMILES string of the molecule is CCOc1ccc(CCNC(=O)/C(C#N)=C/c2cc(C)n(C3CC3)c2C)cc1OCC. The molecule has 1 aromatic heterocycles. The average Bonchev–Trinajstić information content (AvgIpc) is 3.53. The zero-order chi connectivity index (χ0) is 22.4. The molecule has 0 atom stereocenters. The first-order chi connectivity index (χ1) is 15.0. The van der Waals surface area contributed by atoms with Crippen LogP contribution in [0.2, 0.25) is 0 Å². The van der Waals surface area contributed by atoms with E-state index >= 15 is 0 Å². The Balaban J connectivity index is 1.63. The van der Waals surface area contributed by atoms with Crippen molar-refractivity contribution in [1.29, 1.82) is 5.26 Å². The van der Waals surface area contributed by atoms with Crippen LogP contribution < -0.4 is 14.8 Å². The number of carbonyl (C=O) groups excluding carboxylic acids is 1. The Kier molecular flexibility index (Phi) is 7.41. The highest BCUT2D eigenvalue weighted by Crippen LogP contribution is 2.38. The van der Waals surface area contributed by atoms with Crippen LogP contribution in [0.15, 0.2) is 29.8 Å². The lowest BCUT2D eigenvalue weighted by atomic mass is 10.1. The number of ether oxygens (including phenoxy) is 2. The molecule has 6 heteroatoms. The van der Waals surface area contributed by atoms with Crippen LogP contribution in [0.3, 0.4) is 0 Å². The minimum Gasteiger partial charge on any atom is -0.490 e. The molecule has 1 aliphatic rings. The highest BCUT2D eigenvalue weighted by molar-refractivity contribution is 6.01. The summed E-state index contributed by atoms with van der Waals surface area (Å²) in [6.07, 6.45) is 4.72. The number of aryl methyl sites for hydroxylation is 1. The van der Waals surface area contributed by atoms with Crippen molar-refractivity contribution >= 4 is 12.0 Å². The second kappa shape index (κ2) is 10.2. The lowest BCUT2D eigenvalue weighted by molar-refractivity contribution is -0.117. The Morgan fingerprint density at radius 2 is 1.90 bits per heavy atom. The van der Waals surface area contributed by atoms with E-state index in [0.717, 1.165) is 22.6 Å². The maximum Gasteiger partial charge on any atom is 0.261 e. The van der Waals surface area contributed by atoms with Gasteiger partial charge in [0.25, 0.3) is 5.91 Å². The normalized spacial score (nSPS) is 13.6. The lowest BCUT2D eigenvalue weighted by Gasteiger charge is -2.12. The number of nitrogens with zero attached hydrogens (tertiary/aromatic N) is 2. The van der Waals surface area contributed by atoms with Crippen molar-refractivity contribution in [1.82, 2.24) is 9.88 Å². The minimum absolute atomic E-state index is 0.123. The number of hydrogen-bond acceptors (Lipinski definition) is 4. The number of aromatic nitrogens is 1. The summed E-state index contributed by atoms with van der Waals surface area (Å²) in [7, 11) is 0. The lowest BCUT2D eigenvalue weighted by Crippen LogP contribution is -2.26. The maximum atomic E-state index is 12.6. The van der Waals surface area contributed by atoms with Crippen molar-refractivity contribution in [2.75, 3.05) is 19.8 Å². The van der Waals surface area contributed by atoms with E-state index in [2.05, 4.69) is 22.9 Å². The van der Waals surface area contributed by atoms with E-state index in [1.807, 2.05) is 45.0 Å². The van der Waals surface area contributed by atoms with Crippen LogP contribution in [-0.4, -0.2) is 30.2 Å². The van der Waals surface area contributed by atoms with E-state index in [9.17, 15) is 10.1 Å². The summed E-state index contributed by atoms with van der Waals surface area (Å²) in [5, 5.41) is 12.4. The molecule has 0 aliphatic heterocycles. The van der Waals surface area contributed by atoms with Crippen LogP contribution in [0.1, 0.15) is 55.2 Å². The van der Waals surface area contributed by atoms with Gasteiger partial charge in [-0.05, 0) is 82.4 Å². The Labute approximate surface area is 184 Å². The fourth-order valence-corrected chi connectivity index (χ4v) is 3.81. The smallest absolute Gasteiger partial charge is 0.261 e. The van der Waals surface area contributed by atoms with Gasteiger partial charge in [0.2, 0.25) is 0 Å². The van der Waals surface area contributed by atoms with Crippen LogP contribution in [-0.2, 0) is 11.2 Å². The number of carbonyl (C=O) groups is 1. The zero-order valence-electron chi connectivity index (χ0n) is 18.8. The topological polar surface area (TPSA) is 76.3 Å². The second-order valence-electron chi connectivity index (χ2n) is 7.75. The summed E-state index contributed by atoms with van der Waals surface area (Å²) < 4.78 is 13.6. The molecule has 1 aromatic carbocycles. The summed E-state index contributed by atoms with van der Waals surface area (Å²) in [6, 6.07) is 10.5. The van der Waals surface area contributed by atoms with Gasteiger partial charge in [0.15, 0.2) is 11.5 Å². The van der Waals surface area contributed by atoms with Crippen LogP contribution >= 0.6 is 0 Å². The number of rotatable bonds is 10. The fraction of sp³-hybridized carbons (Fsp3) is 0.440. The second-order valence-corrected chi connectivity index (χ2v) is 7.75. The third-order valence-corrected chi connectivity index (χ3v) is 5.41. The molecule has 1 aliphatic carbocycles. The van der Waals surface area contributed by atoms with Gasteiger partial charge >= 0.3 is 0 Å². The Hall–Kier alpha value is -3.20. The van der Waals surface area contributed by atoms with E-state index in [1.54, 1.807) is 6.08 Å². The van der Waals surface area contributed by atoms with Crippen molar-refractivity contribution in [2.24, 2.45) is 0 Å². The summed E-state index contributed by atoms with van der Waals surface area (Å²) in [4.78, 5) is 12.6. The van der Waals surface area contributed by atoms with Gasteiger partial charge in [0, 0.05) is 24.0 Å². The fourth-order valence-electron chi connectivity index (χ4n) is 3.81. The third-order valence-electron chi connectivity index (χ3n) is 5.41. The van der Waals surface area contributed by atoms with Crippen LogP contribution in [0.4, 0.5) is 0 Å². The molecule has 0 bridgehead atoms. The molecule has 1 saturated carbocycles. The first-order valence-electron chi connectivity index (χ1n) is 10.9. The molecule has 31 heavy (non-hydrogen) atoms. The molecule has 6 nitrogen and oxygen atoms in total. The van der Waals surface area contributed by atoms with Crippen molar-refractivity contribution in [3.8, 4) is 17.6 Å². The first-order valence-corrected chi connectivity index (χ1v) is 10.9. The van der Waals surface area contributed by atoms with Gasteiger partial charge < -0.3 is 19.4 Å². The van der Waals surface area contributed by atoms with Crippen LogP contribution in [0, 0.1) is 25.2 Å². The van der Waals surface area contributed by atoms with Crippen molar-refractivity contribution in [3.05, 3.63) is 52.4 Å². The molecule has 3 rings (SSSR count). The highest BCUT2D eigenvalue weighted by atomic mass is 16.5. The van der Waals surface area contributed by atoms with E-state index in [0.29, 0.717) is 38.0 Å². The van der Waals surface area contributed by atoms with Gasteiger partial charge in [-0.3, -0.25) is 4.79 Å². The molecular formula is C25H31N3O3. The van der Waals surface area contributed by atoms with Crippen molar-refractivity contribution in [2.45, 2.75) is 53.0 Å². The van der Waals surface area contributed by atoms with Crippen molar-refractivity contribution < 1.29 is 14.3 Å². The number of nitrogens with one attached hydrogen (secondary N) is 1. The Morgan fingerprint density at radius 3 is 2.55 bits per heavy atom. The summed E-state index contributed by atoms with van der Waals surface area (Å²) >= 11 is 0. The van der Waals surface area contributed by atoms with E-state index in [1.165, 1.54) is 18.5 Å². The molecule has 1 N–H and O–H groups in total. The van der Waals surface area contributed by atoms with E-state index in [-0.39, 0.29) is 11.5 Å². The maximum absolute atomic E-state index is 12.6. The Bertz CT molecular complexity index is 1010. The molecule has 1 heterocycles. The molecule has 1 fully saturated rings. The summed E-state index contributed by atoms with van der Waals surface area (Å²) in [5.41, 5.74) is 4.37. The van der Waals surface area contributed by atoms with E-state index < -0.39 is 0 Å². The van der Waals surface area contributed by atoms with Gasteiger partial charge in [-0.15, -0.1) is 0 Å². The van der Waals surface area contributed by atoms with Crippen LogP contribution in [0.5, 0.6) is 11.5 Å². The summed E-state index contributed by atoms with van der Waals surface area (Å²) in [5.74, 6) is 1.07.